The second kappa shape index (κ2) is 7.72. The standard InChI is InChI=1S/C22H25N5S/c1-4-26-15(2)12-18(16(26)3)21-20(19-9-5-6-11-24-19)25-22(28)27(21)14-17-8-7-10-23-13-17/h5-13,20-21H,4,14H2,1-3H3,(H,25,28)/t20-,21+/m0/s1. The molecule has 1 aliphatic rings. The lowest BCUT2D eigenvalue weighted by Gasteiger charge is -2.28. The van der Waals surface area contributed by atoms with Gasteiger partial charge in [-0.1, -0.05) is 12.1 Å². The number of thiocarbonyl (C=S) groups is 1. The number of hydrogen-bond donors (Lipinski definition) is 1. The zero-order chi connectivity index (χ0) is 19.7. The number of nitrogens with one attached hydrogen (secondary N) is 1. The van der Waals surface area contributed by atoms with E-state index in [0.29, 0.717) is 6.54 Å². The van der Waals surface area contributed by atoms with Gasteiger partial charge >= 0.3 is 0 Å². The Labute approximate surface area is 171 Å². The Morgan fingerprint density at radius 1 is 1.14 bits per heavy atom. The summed E-state index contributed by atoms with van der Waals surface area (Å²) in [6.07, 6.45) is 5.55. The topological polar surface area (TPSA) is 46.0 Å². The summed E-state index contributed by atoms with van der Waals surface area (Å²) in [6, 6.07) is 12.5. The van der Waals surface area contributed by atoms with Crippen LogP contribution in [0.5, 0.6) is 0 Å². The number of rotatable bonds is 5. The quantitative estimate of drug-likeness (QED) is 0.664. The van der Waals surface area contributed by atoms with E-state index in [1.54, 1.807) is 6.20 Å². The summed E-state index contributed by atoms with van der Waals surface area (Å²) in [5.41, 5.74) is 6.00. The van der Waals surface area contributed by atoms with Gasteiger partial charge in [0.05, 0.1) is 17.8 Å². The fourth-order valence-electron chi connectivity index (χ4n) is 4.22. The third kappa shape index (κ3) is 3.29. The molecule has 0 saturated carbocycles. The average Bonchev–Trinajstić information content (AvgIpc) is 3.19. The van der Waals surface area contributed by atoms with E-state index in [-0.39, 0.29) is 12.1 Å². The van der Waals surface area contributed by atoms with E-state index in [4.69, 9.17) is 12.2 Å². The van der Waals surface area contributed by atoms with Crippen LogP contribution in [0.1, 0.15) is 47.2 Å². The van der Waals surface area contributed by atoms with Gasteiger partial charge in [0.15, 0.2) is 5.11 Å². The molecule has 1 saturated heterocycles. The molecule has 0 bridgehead atoms. The number of pyridine rings is 2. The highest BCUT2D eigenvalue weighted by atomic mass is 32.1. The number of aromatic nitrogens is 3. The van der Waals surface area contributed by atoms with E-state index in [9.17, 15) is 0 Å². The molecule has 1 aliphatic heterocycles. The molecule has 3 aromatic heterocycles. The van der Waals surface area contributed by atoms with Crippen molar-refractivity contribution in [1.82, 2.24) is 24.8 Å². The van der Waals surface area contributed by atoms with Crippen molar-refractivity contribution in [3.8, 4) is 0 Å². The minimum Gasteiger partial charge on any atom is -0.352 e. The number of aryl methyl sites for hydroxylation is 1. The molecule has 6 heteroatoms. The first-order chi connectivity index (χ1) is 13.6. The van der Waals surface area contributed by atoms with Gasteiger partial charge < -0.3 is 14.8 Å². The molecular weight excluding hydrogens is 366 g/mol. The monoisotopic (exact) mass is 391 g/mol. The SMILES string of the molecule is CCn1c(C)cc([C@@H]2[C@H](c3ccccn3)NC(=S)N2Cc2cccnc2)c1C. The number of nitrogens with zero attached hydrogens (tertiary/aromatic N) is 4. The largest absolute Gasteiger partial charge is 0.352 e. The van der Waals surface area contributed by atoms with Gasteiger partial charge in [-0.25, -0.2) is 0 Å². The molecule has 4 rings (SSSR count). The predicted molar refractivity (Wildman–Crippen MR) is 115 cm³/mol. The highest BCUT2D eigenvalue weighted by molar-refractivity contribution is 7.80. The van der Waals surface area contributed by atoms with Crippen molar-refractivity contribution in [3.63, 3.8) is 0 Å². The average molecular weight is 392 g/mol. The normalized spacial score (nSPS) is 19.1. The molecule has 28 heavy (non-hydrogen) atoms. The third-order valence-corrected chi connectivity index (χ3v) is 5.87. The highest BCUT2D eigenvalue weighted by Gasteiger charge is 2.41. The van der Waals surface area contributed by atoms with Crippen molar-refractivity contribution in [2.45, 2.75) is 45.9 Å². The van der Waals surface area contributed by atoms with E-state index in [1.807, 2.05) is 30.6 Å². The Hall–Kier alpha value is -2.73. The molecule has 0 aromatic carbocycles. The maximum absolute atomic E-state index is 5.76. The third-order valence-electron chi connectivity index (χ3n) is 5.52. The fraction of sp³-hybridized carbons (Fsp3) is 0.318. The van der Waals surface area contributed by atoms with Crippen LogP contribution in [0.15, 0.2) is 55.0 Å². The molecule has 1 fully saturated rings. The molecule has 3 aromatic rings. The summed E-state index contributed by atoms with van der Waals surface area (Å²) in [6.45, 7) is 8.22. The van der Waals surface area contributed by atoms with E-state index in [0.717, 1.165) is 22.9 Å². The first kappa shape index (κ1) is 18.6. The molecular formula is C22H25N5S. The van der Waals surface area contributed by atoms with Crippen LogP contribution < -0.4 is 5.32 Å². The zero-order valence-electron chi connectivity index (χ0n) is 16.5. The van der Waals surface area contributed by atoms with Gasteiger partial charge in [0.2, 0.25) is 0 Å². The van der Waals surface area contributed by atoms with Crippen molar-refractivity contribution in [2.75, 3.05) is 0 Å². The molecule has 1 N–H and O–H groups in total. The van der Waals surface area contributed by atoms with Crippen molar-refractivity contribution >= 4 is 17.3 Å². The maximum Gasteiger partial charge on any atom is 0.170 e. The molecule has 0 radical (unpaired) electrons. The van der Waals surface area contributed by atoms with Crippen molar-refractivity contribution in [2.24, 2.45) is 0 Å². The van der Waals surface area contributed by atoms with Gasteiger partial charge in [-0.3, -0.25) is 9.97 Å². The molecule has 5 nitrogen and oxygen atoms in total. The lowest BCUT2D eigenvalue weighted by atomic mass is 9.96. The van der Waals surface area contributed by atoms with Crippen LogP contribution in [-0.4, -0.2) is 24.5 Å². The second-order valence-electron chi connectivity index (χ2n) is 7.19. The first-order valence-corrected chi connectivity index (χ1v) is 10.0. The Morgan fingerprint density at radius 3 is 2.64 bits per heavy atom. The Morgan fingerprint density at radius 2 is 2.00 bits per heavy atom. The Bertz CT molecular complexity index is 967. The summed E-state index contributed by atoms with van der Waals surface area (Å²) in [7, 11) is 0. The van der Waals surface area contributed by atoms with E-state index < -0.39 is 0 Å². The van der Waals surface area contributed by atoms with Crippen molar-refractivity contribution in [3.05, 3.63) is 83.2 Å². The molecule has 0 spiro atoms. The van der Waals surface area contributed by atoms with Crippen LogP contribution in [0.25, 0.3) is 0 Å². The van der Waals surface area contributed by atoms with Crippen LogP contribution in [0, 0.1) is 13.8 Å². The van der Waals surface area contributed by atoms with E-state index in [2.05, 4.69) is 63.7 Å². The molecule has 0 amide bonds. The first-order valence-electron chi connectivity index (χ1n) is 9.63. The summed E-state index contributed by atoms with van der Waals surface area (Å²) < 4.78 is 2.36. The Kier molecular flexibility index (Phi) is 5.13. The smallest absolute Gasteiger partial charge is 0.170 e. The molecule has 0 aliphatic carbocycles. The molecule has 2 atom stereocenters. The summed E-state index contributed by atoms with van der Waals surface area (Å²) in [5, 5.41) is 4.28. The minimum atomic E-state index is 0.0103. The van der Waals surface area contributed by atoms with Gasteiger partial charge in [0.25, 0.3) is 0 Å². The van der Waals surface area contributed by atoms with Gasteiger partial charge in [0.1, 0.15) is 0 Å². The summed E-state index contributed by atoms with van der Waals surface area (Å²) in [5.74, 6) is 0. The minimum absolute atomic E-state index is 0.0103. The van der Waals surface area contributed by atoms with Gasteiger partial charge in [-0.2, -0.15) is 0 Å². The molecule has 4 heterocycles. The Balaban J connectivity index is 1.80. The van der Waals surface area contributed by atoms with Crippen LogP contribution in [0.3, 0.4) is 0 Å². The molecule has 0 unspecified atom stereocenters. The summed E-state index contributed by atoms with van der Waals surface area (Å²) in [4.78, 5) is 11.2. The van der Waals surface area contributed by atoms with Gasteiger partial charge in [-0.05, 0) is 68.4 Å². The van der Waals surface area contributed by atoms with Gasteiger partial charge in [-0.15, -0.1) is 0 Å². The van der Waals surface area contributed by atoms with Crippen LogP contribution in [0.2, 0.25) is 0 Å². The second-order valence-corrected chi connectivity index (χ2v) is 7.57. The van der Waals surface area contributed by atoms with Crippen LogP contribution >= 0.6 is 12.2 Å². The fourth-order valence-corrected chi connectivity index (χ4v) is 4.52. The lowest BCUT2D eigenvalue weighted by molar-refractivity contribution is 0.309. The predicted octanol–water partition coefficient (Wildman–Crippen LogP) is 4.09. The van der Waals surface area contributed by atoms with Crippen LogP contribution in [0.4, 0.5) is 0 Å². The summed E-state index contributed by atoms with van der Waals surface area (Å²) >= 11 is 5.76. The van der Waals surface area contributed by atoms with E-state index >= 15 is 0 Å². The van der Waals surface area contributed by atoms with E-state index in [1.165, 1.54) is 17.0 Å². The maximum atomic E-state index is 5.76. The zero-order valence-corrected chi connectivity index (χ0v) is 17.3. The number of hydrogen-bond acceptors (Lipinski definition) is 3. The van der Waals surface area contributed by atoms with Crippen LogP contribution in [-0.2, 0) is 13.1 Å². The highest BCUT2D eigenvalue weighted by Crippen LogP contribution is 2.41. The van der Waals surface area contributed by atoms with Crippen molar-refractivity contribution < 1.29 is 0 Å². The molecule has 144 valence electrons. The van der Waals surface area contributed by atoms with Crippen molar-refractivity contribution in [1.29, 1.82) is 0 Å². The van der Waals surface area contributed by atoms with Gasteiger partial charge in [0, 0.05) is 43.1 Å². The lowest BCUT2D eigenvalue weighted by Crippen LogP contribution is -2.29.